The van der Waals surface area contributed by atoms with Crippen molar-refractivity contribution < 1.29 is 14.3 Å². The van der Waals surface area contributed by atoms with Crippen molar-refractivity contribution in [1.29, 1.82) is 0 Å². The van der Waals surface area contributed by atoms with Gasteiger partial charge < -0.3 is 15.0 Å². The van der Waals surface area contributed by atoms with Gasteiger partial charge in [0.15, 0.2) is 0 Å². The zero-order chi connectivity index (χ0) is 19.4. The highest BCUT2D eigenvalue weighted by molar-refractivity contribution is 6.32. The molecule has 0 bridgehead atoms. The van der Waals surface area contributed by atoms with Crippen molar-refractivity contribution in [1.82, 2.24) is 0 Å². The van der Waals surface area contributed by atoms with Crippen LogP contribution in [-0.2, 0) is 4.79 Å². The van der Waals surface area contributed by atoms with Gasteiger partial charge in [-0.1, -0.05) is 31.5 Å². The highest BCUT2D eigenvalue weighted by Crippen LogP contribution is 2.29. The highest BCUT2D eigenvalue weighted by Gasteiger charge is 2.22. The molecule has 2 amide bonds. The molecule has 2 aromatic carbocycles. The third kappa shape index (κ3) is 4.80. The normalized spacial score (nSPS) is 13.9. The molecule has 0 atom stereocenters. The smallest absolute Gasteiger partial charge is 0.255 e. The highest BCUT2D eigenvalue weighted by atomic mass is 35.5. The number of hydrogen-bond donors (Lipinski definition) is 1. The summed E-state index contributed by atoms with van der Waals surface area (Å²) >= 11 is 6.25. The largest absolute Gasteiger partial charge is 0.492 e. The van der Waals surface area contributed by atoms with E-state index in [1.54, 1.807) is 41.3 Å². The maximum absolute atomic E-state index is 12.6. The summed E-state index contributed by atoms with van der Waals surface area (Å²) in [7, 11) is 0. The van der Waals surface area contributed by atoms with Gasteiger partial charge in [0.2, 0.25) is 5.91 Å². The molecular weight excluding hydrogens is 364 g/mol. The quantitative estimate of drug-likeness (QED) is 0.779. The number of halogens is 1. The van der Waals surface area contributed by atoms with E-state index < -0.39 is 0 Å². The SMILES string of the molecule is CC(C)COc1ccc(NC(=O)c2cccc(N3CCCC3=O)c2)cc1Cl. The first-order chi connectivity index (χ1) is 12.9. The van der Waals surface area contributed by atoms with Gasteiger partial charge in [-0.15, -0.1) is 0 Å². The second-order valence-corrected chi connectivity index (χ2v) is 7.41. The molecule has 1 N–H and O–H groups in total. The van der Waals surface area contributed by atoms with E-state index in [9.17, 15) is 9.59 Å². The molecule has 1 saturated heterocycles. The number of anilines is 2. The Morgan fingerprint density at radius 1 is 1.26 bits per heavy atom. The average Bonchev–Trinajstić information content (AvgIpc) is 3.07. The fraction of sp³-hybridized carbons (Fsp3) is 0.333. The van der Waals surface area contributed by atoms with Crippen LogP contribution < -0.4 is 15.0 Å². The Balaban J connectivity index is 1.70. The van der Waals surface area contributed by atoms with E-state index in [1.807, 2.05) is 6.07 Å². The molecule has 2 aromatic rings. The lowest BCUT2D eigenvalue weighted by Crippen LogP contribution is -2.24. The Labute approximate surface area is 164 Å². The topological polar surface area (TPSA) is 58.6 Å². The Morgan fingerprint density at radius 3 is 2.74 bits per heavy atom. The first-order valence-electron chi connectivity index (χ1n) is 9.08. The maximum atomic E-state index is 12.6. The fourth-order valence-electron chi connectivity index (χ4n) is 2.89. The van der Waals surface area contributed by atoms with E-state index in [0.29, 0.717) is 47.5 Å². The van der Waals surface area contributed by atoms with Crippen LogP contribution in [-0.4, -0.2) is 25.0 Å². The lowest BCUT2D eigenvalue weighted by atomic mass is 10.1. The van der Waals surface area contributed by atoms with Crippen LogP contribution in [0.15, 0.2) is 42.5 Å². The molecule has 1 heterocycles. The van der Waals surface area contributed by atoms with Crippen molar-refractivity contribution in [3.8, 4) is 5.75 Å². The van der Waals surface area contributed by atoms with Crippen LogP contribution in [0.3, 0.4) is 0 Å². The molecule has 3 rings (SSSR count). The minimum atomic E-state index is -0.254. The van der Waals surface area contributed by atoms with E-state index >= 15 is 0 Å². The summed E-state index contributed by atoms with van der Waals surface area (Å²) in [4.78, 5) is 26.2. The minimum absolute atomic E-state index is 0.0938. The minimum Gasteiger partial charge on any atom is -0.492 e. The summed E-state index contributed by atoms with van der Waals surface area (Å²) in [5, 5.41) is 3.29. The predicted octanol–water partition coefficient (Wildman–Crippen LogP) is 4.75. The molecule has 6 heteroatoms. The van der Waals surface area contributed by atoms with Gasteiger partial charge in [-0.05, 0) is 48.7 Å². The molecule has 0 aromatic heterocycles. The first kappa shape index (κ1) is 19.2. The fourth-order valence-corrected chi connectivity index (χ4v) is 3.13. The molecule has 5 nitrogen and oxygen atoms in total. The average molecular weight is 387 g/mol. The number of rotatable bonds is 6. The first-order valence-corrected chi connectivity index (χ1v) is 9.46. The number of nitrogens with zero attached hydrogens (tertiary/aromatic N) is 1. The Kier molecular flexibility index (Phi) is 6.01. The van der Waals surface area contributed by atoms with Gasteiger partial charge in [-0.3, -0.25) is 9.59 Å². The summed E-state index contributed by atoms with van der Waals surface area (Å²) < 4.78 is 5.64. The number of carbonyl (C=O) groups excluding carboxylic acids is 2. The van der Waals surface area contributed by atoms with Gasteiger partial charge in [0.05, 0.1) is 11.6 Å². The van der Waals surface area contributed by atoms with Crippen LogP contribution in [0.4, 0.5) is 11.4 Å². The van der Waals surface area contributed by atoms with E-state index in [0.717, 1.165) is 12.1 Å². The Morgan fingerprint density at radius 2 is 2.07 bits per heavy atom. The molecule has 0 saturated carbocycles. The number of benzene rings is 2. The van der Waals surface area contributed by atoms with Gasteiger partial charge in [-0.2, -0.15) is 0 Å². The number of ether oxygens (including phenoxy) is 1. The van der Waals surface area contributed by atoms with Crippen molar-refractivity contribution in [2.45, 2.75) is 26.7 Å². The zero-order valence-corrected chi connectivity index (χ0v) is 16.3. The summed E-state index contributed by atoms with van der Waals surface area (Å²) in [5.41, 5.74) is 1.83. The van der Waals surface area contributed by atoms with E-state index in [1.165, 1.54) is 0 Å². The summed E-state index contributed by atoms with van der Waals surface area (Å²) in [5.74, 6) is 0.833. The monoisotopic (exact) mass is 386 g/mol. The number of hydrogen-bond acceptors (Lipinski definition) is 3. The standard InChI is InChI=1S/C21H23ClN2O3/c1-14(2)13-27-19-9-8-16(12-18(19)22)23-21(26)15-5-3-6-17(11-15)24-10-4-7-20(24)25/h3,5-6,8-9,11-12,14H,4,7,10,13H2,1-2H3,(H,23,26). The van der Waals surface area contributed by atoms with Crippen molar-refractivity contribution in [2.24, 2.45) is 5.92 Å². The molecule has 1 aliphatic rings. The molecule has 0 radical (unpaired) electrons. The Bertz CT molecular complexity index is 851. The second-order valence-electron chi connectivity index (χ2n) is 7.00. The van der Waals surface area contributed by atoms with Crippen LogP contribution in [0.25, 0.3) is 0 Å². The van der Waals surface area contributed by atoms with E-state index in [-0.39, 0.29) is 11.8 Å². The van der Waals surface area contributed by atoms with Crippen molar-refractivity contribution >= 4 is 34.8 Å². The van der Waals surface area contributed by atoms with Gasteiger partial charge >= 0.3 is 0 Å². The van der Waals surface area contributed by atoms with Crippen LogP contribution in [0, 0.1) is 5.92 Å². The lowest BCUT2D eigenvalue weighted by Gasteiger charge is -2.16. The van der Waals surface area contributed by atoms with Crippen molar-refractivity contribution in [3.63, 3.8) is 0 Å². The van der Waals surface area contributed by atoms with Crippen LogP contribution in [0.5, 0.6) is 5.75 Å². The van der Waals surface area contributed by atoms with Crippen LogP contribution in [0.1, 0.15) is 37.0 Å². The Hall–Kier alpha value is -2.53. The molecule has 1 fully saturated rings. The van der Waals surface area contributed by atoms with E-state index in [2.05, 4.69) is 19.2 Å². The zero-order valence-electron chi connectivity index (χ0n) is 15.5. The molecule has 27 heavy (non-hydrogen) atoms. The summed E-state index contributed by atoms with van der Waals surface area (Å²) in [6.07, 6.45) is 1.40. The molecule has 1 aliphatic heterocycles. The van der Waals surface area contributed by atoms with Gasteiger partial charge in [0.1, 0.15) is 5.75 Å². The third-order valence-corrected chi connectivity index (χ3v) is 4.55. The molecule has 142 valence electrons. The van der Waals surface area contributed by atoms with Gasteiger partial charge in [0.25, 0.3) is 5.91 Å². The van der Waals surface area contributed by atoms with Gasteiger partial charge in [0, 0.05) is 29.9 Å². The molecule has 0 unspecified atom stereocenters. The number of carbonyl (C=O) groups is 2. The third-order valence-electron chi connectivity index (χ3n) is 4.26. The lowest BCUT2D eigenvalue weighted by molar-refractivity contribution is -0.117. The molecular formula is C21H23ClN2O3. The van der Waals surface area contributed by atoms with Crippen molar-refractivity contribution in [3.05, 3.63) is 53.1 Å². The van der Waals surface area contributed by atoms with Crippen molar-refractivity contribution in [2.75, 3.05) is 23.4 Å². The molecule has 0 aliphatic carbocycles. The maximum Gasteiger partial charge on any atom is 0.255 e. The number of amides is 2. The summed E-state index contributed by atoms with van der Waals surface area (Å²) in [6.45, 7) is 5.39. The predicted molar refractivity (Wildman–Crippen MR) is 108 cm³/mol. The summed E-state index contributed by atoms with van der Waals surface area (Å²) in [6, 6.07) is 12.3. The van der Waals surface area contributed by atoms with Crippen LogP contribution in [0.2, 0.25) is 5.02 Å². The van der Waals surface area contributed by atoms with Gasteiger partial charge in [-0.25, -0.2) is 0 Å². The second kappa shape index (κ2) is 8.44. The number of nitrogens with one attached hydrogen (secondary N) is 1. The van der Waals surface area contributed by atoms with E-state index in [4.69, 9.17) is 16.3 Å². The molecule has 0 spiro atoms. The van der Waals surface area contributed by atoms with Crippen LogP contribution >= 0.6 is 11.6 Å².